The van der Waals surface area contributed by atoms with E-state index < -0.39 is 0 Å². The highest BCUT2D eigenvalue weighted by atomic mass is 79.9. The summed E-state index contributed by atoms with van der Waals surface area (Å²) in [5.41, 5.74) is 0. The number of hydrogen-bond donors (Lipinski definition) is 0. The highest BCUT2D eigenvalue weighted by Crippen LogP contribution is 2.75. The van der Waals surface area contributed by atoms with Gasteiger partial charge in [0.2, 0.25) is 0 Å². The maximum atomic E-state index is 3.49. The number of hydrogen-bond acceptors (Lipinski definition) is 0. The van der Waals surface area contributed by atoms with Gasteiger partial charge in [-0.05, 0) is 23.7 Å². The molecule has 2 atom stereocenters. The van der Waals surface area contributed by atoms with Crippen LogP contribution in [0.4, 0.5) is 0 Å². The molecule has 0 heterocycles. The predicted molar refractivity (Wildman–Crippen MR) is 40.1 cm³/mol. The lowest BCUT2D eigenvalue weighted by molar-refractivity contribution is 0.639. The fraction of sp³-hybridized carbons (Fsp3) is 0.500. The fourth-order valence-electron chi connectivity index (χ4n) is 2.06. The monoisotopic (exact) mass is 182 g/mol. The molecule has 0 aliphatic heterocycles. The molecule has 9 heavy (non-hydrogen) atoms. The third kappa shape index (κ3) is 0.454. The molecule has 46 valence electrons. The first-order chi connectivity index (χ1) is 4.38. The Kier molecular flexibility index (Phi) is 0.628. The topological polar surface area (TPSA) is 0 Å². The van der Waals surface area contributed by atoms with Crippen LogP contribution < -0.4 is 0 Å². The molecule has 0 saturated heterocycles. The van der Waals surface area contributed by atoms with E-state index in [0.29, 0.717) is 0 Å². The summed E-state index contributed by atoms with van der Waals surface area (Å²) in [6, 6.07) is 0. The van der Waals surface area contributed by atoms with Gasteiger partial charge in [-0.3, -0.25) is 0 Å². The van der Waals surface area contributed by atoms with Crippen LogP contribution in [0.3, 0.4) is 0 Å². The van der Waals surface area contributed by atoms with Crippen molar-refractivity contribution < 1.29 is 0 Å². The molecule has 2 saturated carbocycles. The van der Waals surface area contributed by atoms with E-state index in [-0.39, 0.29) is 0 Å². The molecule has 4 aliphatic carbocycles. The van der Waals surface area contributed by atoms with Crippen LogP contribution in [0.25, 0.3) is 0 Å². The molecule has 1 heteroatoms. The first-order valence-electron chi connectivity index (χ1n) is 3.43. The standard InChI is InChI=1S/C8H7Br/c9-4-1-2-5-7-6(3-4)8(5)7/h1-3,5-8H. The summed E-state index contributed by atoms with van der Waals surface area (Å²) < 4.78 is 1.29. The highest BCUT2D eigenvalue weighted by molar-refractivity contribution is 9.11. The predicted octanol–water partition coefficient (Wildman–Crippen LogP) is 2.33. The minimum absolute atomic E-state index is 0.958. The van der Waals surface area contributed by atoms with Gasteiger partial charge < -0.3 is 0 Å². The Morgan fingerprint density at radius 1 is 1.22 bits per heavy atom. The Labute approximate surface area is 62.8 Å². The van der Waals surface area contributed by atoms with E-state index in [4.69, 9.17) is 0 Å². The van der Waals surface area contributed by atoms with E-state index in [1.807, 2.05) is 0 Å². The fourth-order valence-corrected chi connectivity index (χ4v) is 2.52. The molecule has 4 aliphatic rings. The first kappa shape index (κ1) is 4.73. The van der Waals surface area contributed by atoms with Gasteiger partial charge in [-0.15, -0.1) is 0 Å². The minimum Gasteiger partial charge on any atom is -0.0797 e. The van der Waals surface area contributed by atoms with Gasteiger partial charge in [-0.2, -0.15) is 0 Å². The zero-order valence-corrected chi connectivity index (χ0v) is 6.51. The molecule has 0 N–H and O–H groups in total. The van der Waals surface area contributed by atoms with Crippen molar-refractivity contribution in [3.8, 4) is 0 Å². The minimum atomic E-state index is 0.958. The summed E-state index contributed by atoms with van der Waals surface area (Å²) in [6.45, 7) is 0. The lowest BCUT2D eigenvalue weighted by Gasteiger charge is -1.96. The molecule has 0 radical (unpaired) electrons. The average Bonchev–Trinajstić information content (AvgIpc) is 2.53. The third-order valence-corrected chi connectivity index (χ3v) is 3.30. The molecule has 0 spiro atoms. The quantitative estimate of drug-likeness (QED) is 0.540. The molecule has 2 fully saturated rings. The van der Waals surface area contributed by atoms with Gasteiger partial charge in [-0.1, -0.05) is 34.2 Å². The second-order valence-electron chi connectivity index (χ2n) is 3.22. The van der Waals surface area contributed by atoms with Crippen LogP contribution in [0.1, 0.15) is 0 Å². The lowest BCUT2D eigenvalue weighted by atomic mass is 10.1. The van der Waals surface area contributed by atoms with E-state index in [9.17, 15) is 0 Å². The molecular weight excluding hydrogens is 176 g/mol. The van der Waals surface area contributed by atoms with Crippen molar-refractivity contribution >= 4 is 15.9 Å². The van der Waals surface area contributed by atoms with E-state index in [1.54, 1.807) is 0 Å². The summed E-state index contributed by atoms with van der Waals surface area (Å²) in [5, 5.41) is 0. The van der Waals surface area contributed by atoms with Crippen LogP contribution in [0.15, 0.2) is 22.7 Å². The molecule has 2 unspecified atom stereocenters. The number of allylic oxidation sites excluding steroid dienone is 4. The van der Waals surface area contributed by atoms with Crippen molar-refractivity contribution in [3.05, 3.63) is 22.7 Å². The average molecular weight is 183 g/mol. The van der Waals surface area contributed by atoms with Crippen LogP contribution in [0.5, 0.6) is 0 Å². The summed E-state index contributed by atoms with van der Waals surface area (Å²) in [6.07, 6.45) is 6.90. The van der Waals surface area contributed by atoms with Crippen molar-refractivity contribution in [1.29, 1.82) is 0 Å². The van der Waals surface area contributed by atoms with Crippen molar-refractivity contribution in [2.45, 2.75) is 0 Å². The van der Waals surface area contributed by atoms with Crippen molar-refractivity contribution in [1.82, 2.24) is 0 Å². The van der Waals surface area contributed by atoms with Gasteiger partial charge in [-0.25, -0.2) is 0 Å². The molecular formula is C8H7Br. The summed E-state index contributed by atoms with van der Waals surface area (Å²) >= 11 is 3.49. The SMILES string of the molecule is BrC1=CC2C3C(C=C1)C23. The Hall–Kier alpha value is -0.0400. The summed E-state index contributed by atoms with van der Waals surface area (Å²) in [4.78, 5) is 0. The number of fused-ring (bicyclic) bond motifs is 1. The van der Waals surface area contributed by atoms with Crippen molar-refractivity contribution in [3.63, 3.8) is 0 Å². The van der Waals surface area contributed by atoms with Gasteiger partial charge in [0.15, 0.2) is 0 Å². The van der Waals surface area contributed by atoms with Gasteiger partial charge in [0.25, 0.3) is 0 Å². The second-order valence-corrected chi connectivity index (χ2v) is 4.14. The molecule has 2 bridgehead atoms. The van der Waals surface area contributed by atoms with Crippen LogP contribution in [-0.2, 0) is 0 Å². The summed E-state index contributed by atoms with van der Waals surface area (Å²) in [7, 11) is 0. The largest absolute Gasteiger partial charge is 0.0797 e. The van der Waals surface area contributed by atoms with Crippen LogP contribution in [-0.4, -0.2) is 0 Å². The molecule has 0 aromatic rings. The first-order valence-corrected chi connectivity index (χ1v) is 4.23. The summed E-state index contributed by atoms with van der Waals surface area (Å²) in [5.74, 6) is 4.06. The van der Waals surface area contributed by atoms with E-state index in [1.165, 1.54) is 4.48 Å². The molecule has 0 aromatic carbocycles. The normalized spacial score (nSPS) is 57.7. The van der Waals surface area contributed by atoms with Gasteiger partial charge in [0, 0.05) is 4.48 Å². The van der Waals surface area contributed by atoms with Crippen LogP contribution in [0, 0.1) is 23.7 Å². The highest BCUT2D eigenvalue weighted by Gasteiger charge is 2.71. The molecule has 4 rings (SSSR count). The maximum Gasteiger partial charge on any atom is 0.0135 e. The Morgan fingerprint density at radius 3 is 2.78 bits per heavy atom. The van der Waals surface area contributed by atoms with Crippen LogP contribution in [0.2, 0.25) is 0 Å². The maximum absolute atomic E-state index is 3.49. The zero-order valence-electron chi connectivity index (χ0n) is 4.92. The van der Waals surface area contributed by atoms with E-state index in [0.717, 1.165) is 23.7 Å². The van der Waals surface area contributed by atoms with Gasteiger partial charge in [0.05, 0.1) is 0 Å². The molecule has 0 nitrogen and oxygen atoms in total. The third-order valence-electron chi connectivity index (χ3n) is 2.77. The van der Waals surface area contributed by atoms with Gasteiger partial charge >= 0.3 is 0 Å². The van der Waals surface area contributed by atoms with Crippen molar-refractivity contribution in [2.75, 3.05) is 0 Å². The number of halogens is 1. The number of rotatable bonds is 0. The van der Waals surface area contributed by atoms with Crippen LogP contribution >= 0.6 is 15.9 Å². The lowest BCUT2D eigenvalue weighted by Crippen LogP contribution is -1.91. The zero-order chi connectivity index (χ0) is 6.01. The van der Waals surface area contributed by atoms with Crippen molar-refractivity contribution in [2.24, 2.45) is 23.7 Å². The van der Waals surface area contributed by atoms with E-state index in [2.05, 4.69) is 34.2 Å². The van der Waals surface area contributed by atoms with E-state index >= 15 is 0 Å². The Balaban J connectivity index is 2.05. The Bertz CT molecular complexity index is 217. The smallest absolute Gasteiger partial charge is 0.0135 e. The van der Waals surface area contributed by atoms with Gasteiger partial charge in [0.1, 0.15) is 0 Å². The molecule has 0 aromatic heterocycles. The molecule has 0 amide bonds. The second kappa shape index (κ2) is 1.20. The Morgan fingerprint density at radius 2 is 2.00 bits per heavy atom.